The molecular formula is C18H24ClN5O2. The van der Waals surface area contributed by atoms with Gasteiger partial charge in [0.1, 0.15) is 0 Å². The summed E-state index contributed by atoms with van der Waals surface area (Å²) in [5, 5.41) is 14.0. The van der Waals surface area contributed by atoms with Crippen molar-refractivity contribution >= 4 is 17.5 Å². The zero-order chi connectivity index (χ0) is 18.7. The summed E-state index contributed by atoms with van der Waals surface area (Å²) in [7, 11) is 0. The van der Waals surface area contributed by atoms with Gasteiger partial charge in [0.2, 0.25) is 0 Å². The molecule has 0 bridgehead atoms. The molecule has 3 rings (SSSR count). The predicted octanol–water partition coefficient (Wildman–Crippen LogP) is 2.35. The zero-order valence-electron chi connectivity index (χ0n) is 15.3. The van der Waals surface area contributed by atoms with E-state index in [1.807, 2.05) is 24.3 Å². The van der Waals surface area contributed by atoms with Gasteiger partial charge in [-0.3, -0.25) is 9.69 Å². The maximum atomic E-state index is 12.4. The number of rotatable bonds is 5. The van der Waals surface area contributed by atoms with E-state index in [9.17, 15) is 4.79 Å². The molecule has 7 nitrogen and oxygen atoms in total. The molecule has 0 spiro atoms. The lowest BCUT2D eigenvalue weighted by atomic mass is 10.0. The molecule has 1 fully saturated rings. The molecule has 8 heteroatoms. The standard InChI is InChI=1S/C18H24ClN5O2/c1-12-16(22-23-21-12)17(25)20-10-15(13-4-6-14(19)7-5-13)24-8-9-26-18(2,3)11-24/h4-7,15H,8-11H2,1-3H3,(H,20,25)(H,21,22,23). The lowest BCUT2D eigenvalue weighted by molar-refractivity contribution is -0.0972. The summed E-state index contributed by atoms with van der Waals surface area (Å²) in [4.78, 5) is 14.8. The Morgan fingerprint density at radius 1 is 1.38 bits per heavy atom. The smallest absolute Gasteiger partial charge is 0.273 e. The third-order valence-corrected chi connectivity index (χ3v) is 4.80. The minimum atomic E-state index is -0.234. The average Bonchev–Trinajstić information content (AvgIpc) is 3.02. The molecule has 1 saturated heterocycles. The Morgan fingerprint density at radius 2 is 2.12 bits per heavy atom. The van der Waals surface area contributed by atoms with Gasteiger partial charge < -0.3 is 10.1 Å². The van der Waals surface area contributed by atoms with Crippen molar-refractivity contribution in [2.75, 3.05) is 26.2 Å². The number of aromatic amines is 1. The van der Waals surface area contributed by atoms with Crippen LogP contribution < -0.4 is 5.32 Å². The highest BCUT2D eigenvalue weighted by molar-refractivity contribution is 6.30. The minimum absolute atomic E-state index is 0.0200. The van der Waals surface area contributed by atoms with Gasteiger partial charge in [-0.15, -0.1) is 0 Å². The Hall–Kier alpha value is -1.96. The summed E-state index contributed by atoms with van der Waals surface area (Å²) >= 11 is 6.04. The van der Waals surface area contributed by atoms with Crippen LogP contribution in [0.4, 0.5) is 0 Å². The molecule has 1 amide bonds. The van der Waals surface area contributed by atoms with Crippen molar-refractivity contribution in [3.8, 4) is 0 Å². The second-order valence-corrected chi connectivity index (χ2v) is 7.55. The van der Waals surface area contributed by atoms with E-state index in [1.165, 1.54) is 0 Å². The number of nitrogens with one attached hydrogen (secondary N) is 2. The van der Waals surface area contributed by atoms with Crippen molar-refractivity contribution in [2.24, 2.45) is 0 Å². The first-order valence-electron chi connectivity index (χ1n) is 8.65. The summed E-state index contributed by atoms with van der Waals surface area (Å²) in [6.45, 7) is 8.61. The number of H-pyrrole nitrogens is 1. The van der Waals surface area contributed by atoms with Gasteiger partial charge in [-0.25, -0.2) is 0 Å². The molecule has 2 heterocycles. The van der Waals surface area contributed by atoms with E-state index in [0.29, 0.717) is 29.6 Å². The number of morpholine rings is 1. The van der Waals surface area contributed by atoms with E-state index in [-0.39, 0.29) is 17.6 Å². The molecule has 1 aliphatic heterocycles. The molecule has 1 unspecified atom stereocenters. The Bertz CT molecular complexity index is 759. The molecular weight excluding hydrogens is 354 g/mol. The van der Waals surface area contributed by atoms with E-state index in [4.69, 9.17) is 16.3 Å². The third kappa shape index (κ3) is 4.41. The van der Waals surface area contributed by atoms with Crippen molar-refractivity contribution in [2.45, 2.75) is 32.4 Å². The fraction of sp³-hybridized carbons (Fsp3) is 0.500. The van der Waals surface area contributed by atoms with Crippen LogP contribution in [0.2, 0.25) is 5.02 Å². The summed E-state index contributed by atoms with van der Waals surface area (Å²) < 4.78 is 5.83. The van der Waals surface area contributed by atoms with Gasteiger partial charge >= 0.3 is 0 Å². The number of aromatic nitrogens is 3. The number of hydrogen-bond acceptors (Lipinski definition) is 5. The molecule has 1 aromatic carbocycles. The molecule has 2 N–H and O–H groups in total. The van der Waals surface area contributed by atoms with Gasteiger partial charge in [-0.2, -0.15) is 15.4 Å². The summed E-state index contributed by atoms with van der Waals surface area (Å²) in [5.41, 5.74) is 1.78. The molecule has 140 valence electrons. The van der Waals surface area contributed by atoms with E-state index >= 15 is 0 Å². The first-order valence-corrected chi connectivity index (χ1v) is 9.02. The van der Waals surface area contributed by atoms with Crippen molar-refractivity contribution in [1.29, 1.82) is 0 Å². The van der Waals surface area contributed by atoms with Crippen LogP contribution in [0.25, 0.3) is 0 Å². The fourth-order valence-corrected chi connectivity index (χ4v) is 3.36. The van der Waals surface area contributed by atoms with E-state index < -0.39 is 0 Å². The summed E-state index contributed by atoms with van der Waals surface area (Å²) in [5.74, 6) is -0.234. The number of aryl methyl sites for hydroxylation is 1. The van der Waals surface area contributed by atoms with Crippen molar-refractivity contribution in [3.63, 3.8) is 0 Å². The Labute approximate surface area is 158 Å². The molecule has 0 saturated carbocycles. The van der Waals surface area contributed by atoms with Crippen LogP contribution in [0.15, 0.2) is 24.3 Å². The number of ether oxygens (including phenoxy) is 1. The predicted molar refractivity (Wildman–Crippen MR) is 99.2 cm³/mol. The summed E-state index contributed by atoms with van der Waals surface area (Å²) in [6, 6.07) is 7.77. The number of benzene rings is 1. The van der Waals surface area contributed by atoms with Crippen molar-refractivity contribution < 1.29 is 9.53 Å². The van der Waals surface area contributed by atoms with Crippen LogP contribution in [-0.4, -0.2) is 58.1 Å². The van der Waals surface area contributed by atoms with Gasteiger partial charge in [0, 0.05) is 24.7 Å². The molecule has 2 aromatic rings. The van der Waals surface area contributed by atoms with Crippen LogP contribution in [0.3, 0.4) is 0 Å². The topological polar surface area (TPSA) is 83.1 Å². The van der Waals surface area contributed by atoms with E-state index in [1.54, 1.807) is 6.92 Å². The number of nitrogens with zero attached hydrogens (tertiary/aromatic N) is 3. The highest BCUT2D eigenvalue weighted by Crippen LogP contribution is 2.27. The SMILES string of the molecule is Cc1n[nH]nc1C(=O)NCC(c1ccc(Cl)cc1)N1CCOC(C)(C)C1. The quantitative estimate of drug-likeness (QED) is 0.835. The van der Waals surface area contributed by atoms with Crippen molar-refractivity contribution in [1.82, 2.24) is 25.6 Å². The van der Waals surface area contributed by atoms with Crippen LogP contribution in [-0.2, 0) is 4.74 Å². The highest BCUT2D eigenvalue weighted by atomic mass is 35.5. The molecule has 1 aliphatic rings. The van der Waals surface area contributed by atoms with Crippen LogP contribution >= 0.6 is 11.6 Å². The Morgan fingerprint density at radius 3 is 2.73 bits per heavy atom. The van der Waals surface area contributed by atoms with E-state index in [2.05, 4.69) is 39.5 Å². The number of amides is 1. The molecule has 1 aromatic heterocycles. The number of halogens is 1. The normalized spacial score (nSPS) is 18.5. The number of hydrogen-bond donors (Lipinski definition) is 2. The molecule has 1 atom stereocenters. The highest BCUT2D eigenvalue weighted by Gasteiger charge is 2.32. The fourth-order valence-electron chi connectivity index (χ4n) is 3.23. The Kier molecular flexibility index (Phi) is 5.60. The zero-order valence-corrected chi connectivity index (χ0v) is 16.0. The van der Waals surface area contributed by atoms with Crippen molar-refractivity contribution in [3.05, 3.63) is 46.2 Å². The van der Waals surface area contributed by atoms with Gasteiger partial charge in [0.25, 0.3) is 5.91 Å². The molecule has 26 heavy (non-hydrogen) atoms. The minimum Gasteiger partial charge on any atom is -0.373 e. The maximum Gasteiger partial charge on any atom is 0.273 e. The first kappa shape index (κ1) is 18.8. The maximum absolute atomic E-state index is 12.4. The van der Waals surface area contributed by atoms with E-state index in [0.717, 1.165) is 18.7 Å². The lowest BCUT2D eigenvalue weighted by Gasteiger charge is -2.42. The number of carbonyl (C=O) groups is 1. The second kappa shape index (κ2) is 7.73. The first-order chi connectivity index (χ1) is 12.4. The third-order valence-electron chi connectivity index (χ3n) is 4.54. The molecule has 0 radical (unpaired) electrons. The van der Waals surface area contributed by atoms with Gasteiger partial charge in [-0.05, 0) is 38.5 Å². The lowest BCUT2D eigenvalue weighted by Crippen LogP contribution is -2.51. The van der Waals surface area contributed by atoms with Crippen LogP contribution in [0.5, 0.6) is 0 Å². The van der Waals surface area contributed by atoms with Crippen LogP contribution in [0.1, 0.15) is 41.6 Å². The largest absolute Gasteiger partial charge is 0.373 e. The van der Waals surface area contributed by atoms with Gasteiger partial charge in [0.15, 0.2) is 5.69 Å². The van der Waals surface area contributed by atoms with Gasteiger partial charge in [0.05, 0.1) is 23.9 Å². The Balaban J connectivity index is 1.77. The molecule has 0 aliphatic carbocycles. The average molecular weight is 378 g/mol. The second-order valence-electron chi connectivity index (χ2n) is 7.11. The van der Waals surface area contributed by atoms with Crippen LogP contribution in [0, 0.1) is 6.92 Å². The number of carbonyl (C=O) groups excluding carboxylic acids is 1. The monoisotopic (exact) mass is 377 g/mol. The summed E-state index contributed by atoms with van der Waals surface area (Å²) in [6.07, 6.45) is 0. The van der Waals surface area contributed by atoms with Gasteiger partial charge in [-0.1, -0.05) is 23.7 Å².